The van der Waals surface area contributed by atoms with Crippen LogP contribution in [-0.4, -0.2) is 23.8 Å². The molecule has 30 heavy (non-hydrogen) atoms. The van der Waals surface area contributed by atoms with Crippen molar-refractivity contribution in [3.63, 3.8) is 0 Å². The number of amides is 2. The third kappa shape index (κ3) is 4.93. The second-order valence-corrected chi connectivity index (χ2v) is 6.21. The summed E-state index contributed by atoms with van der Waals surface area (Å²) in [7, 11) is 1.51. The minimum absolute atomic E-state index is 0.108. The Kier molecular flexibility index (Phi) is 6.01. The molecule has 0 bridgehead atoms. The summed E-state index contributed by atoms with van der Waals surface area (Å²) >= 11 is 0. The maximum atomic E-state index is 12.9. The van der Waals surface area contributed by atoms with E-state index in [4.69, 9.17) is 0 Å². The molecule has 0 spiro atoms. The quantitative estimate of drug-likeness (QED) is 0.576. The number of nitrogens with zero attached hydrogens (tertiary/aromatic N) is 1. The monoisotopic (exact) mass is 414 g/mol. The van der Waals surface area contributed by atoms with Crippen LogP contribution in [0.25, 0.3) is 0 Å². The lowest BCUT2D eigenvalue weighted by atomic mass is 10.1. The number of pyridine rings is 1. The van der Waals surface area contributed by atoms with Gasteiger partial charge in [-0.15, -0.1) is 0 Å². The molecule has 0 aliphatic rings. The van der Waals surface area contributed by atoms with Gasteiger partial charge in [-0.25, -0.2) is 4.98 Å². The summed E-state index contributed by atoms with van der Waals surface area (Å²) in [5.41, 5.74) is 0.355. The normalized spacial score (nSPS) is 10.9. The number of rotatable bonds is 5. The van der Waals surface area contributed by atoms with E-state index >= 15 is 0 Å². The van der Waals surface area contributed by atoms with Gasteiger partial charge in [0.1, 0.15) is 5.82 Å². The Morgan fingerprint density at radius 3 is 2.30 bits per heavy atom. The van der Waals surface area contributed by atoms with Gasteiger partial charge in [-0.05, 0) is 54.6 Å². The van der Waals surface area contributed by atoms with Crippen molar-refractivity contribution in [2.24, 2.45) is 0 Å². The van der Waals surface area contributed by atoms with Crippen molar-refractivity contribution in [3.05, 3.63) is 83.6 Å². The van der Waals surface area contributed by atoms with Crippen LogP contribution in [0.4, 0.5) is 30.4 Å². The standard InChI is InChI=1S/C21H17F3N4O2/c1-25-19(29)13-7-9-15(10-8-13)28-20(30)17-6-3-11-26-18(17)27-16-5-2-4-14(12-16)21(22,23)24/h2-12H,1H3,(H,25,29)(H,26,27)(H,28,30). The summed E-state index contributed by atoms with van der Waals surface area (Å²) in [5, 5.41) is 7.93. The molecule has 2 amide bonds. The van der Waals surface area contributed by atoms with Crippen LogP contribution in [0.5, 0.6) is 0 Å². The molecule has 0 aliphatic heterocycles. The van der Waals surface area contributed by atoms with Crippen molar-refractivity contribution < 1.29 is 22.8 Å². The van der Waals surface area contributed by atoms with Gasteiger partial charge in [0.25, 0.3) is 11.8 Å². The number of hydrogen-bond donors (Lipinski definition) is 3. The predicted molar refractivity (Wildman–Crippen MR) is 107 cm³/mol. The van der Waals surface area contributed by atoms with E-state index in [-0.39, 0.29) is 23.0 Å². The van der Waals surface area contributed by atoms with Crippen LogP contribution in [0, 0.1) is 0 Å². The Bertz CT molecular complexity index is 1070. The van der Waals surface area contributed by atoms with E-state index in [1.165, 1.54) is 31.4 Å². The second kappa shape index (κ2) is 8.64. The third-order valence-corrected chi connectivity index (χ3v) is 4.14. The highest BCUT2D eigenvalue weighted by Crippen LogP contribution is 2.31. The van der Waals surface area contributed by atoms with Crippen molar-refractivity contribution in [2.75, 3.05) is 17.7 Å². The van der Waals surface area contributed by atoms with Gasteiger partial charge in [0.2, 0.25) is 0 Å². The van der Waals surface area contributed by atoms with E-state index in [1.807, 2.05) is 0 Å². The highest BCUT2D eigenvalue weighted by Gasteiger charge is 2.30. The summed E-state index contributed by atoms with van der Waals surface area (Å²) < 4.78 is 38.8. The molecular formula is C21H17F3N4O2. The van der Waals surface area contributed by atoms with Gasteiger partial charge in [-0.2, -0.15) is 13.2 Å². The Morgan fingerprint density at radius 2 is 1.63 bits per heavy atom. The molecule has 154 valence electrons. The zero-order valence-corrected chi connectivity index (χ0v) is 15.7. The third-order valence-electron chi connectivity index (χ3n) is 4.14. The van der Waals surface area contributed by atoms with E-state index < -0.39 is 17.6 Å². The predicted octanol–water partition coefficient (Wildman–Crippen LogP) is 4.46. The first-order chi connectivity index (χ1) is 14.3. The number of aromatic nitrogens is 1. The maximum Gasteiger partial charge on any atom is 0.416 e. The van der Waals surface area contributed by atoms with Gasteiger partial charge in [-0.1, -0.05) is 6.07 Å². The smallest absolute Gasteiger partial charge is 0.355 e. The first-order valence-corrected chi connectivity index (χ1v) is 8.81. The first kappa shape index (κ1) is 20.8. The zero-order valence-electron chi connectivity index (χ0n) is 15.7. The van der Waals surface area contributed by atoms with Crippen LogP contribution >= 0.6 is 0 Å². The lowest BCUT2D eigenvalue weighted by Gasteiger charge is -2.13. The minimum atomic E-state index is -4.48. The molecule has 0 atom stereocenters. The highest BCUT2D eigenvalue weighted by molar-refractivity contribution is 6.08. The Labute approximate surface area is 170 Å². The Hall–Kier alpha value is -3.88. The van der Waals surface area contributed by atoms with Crippen molar-refractivity contribution >= 4 is 29.0 Å². The average Bonchev–Trinajstić information content (AvgIpc) is 2.73. The molecule has 0 unspecified atom stereocenters. The van der Waals surface area contributed by atoms with Crippen molar-refractivity contribution in [1.82, 2.24) is 10.3 Å². The molecule has 0 saturated carbocycles. The van der Waals surface area contributed by atoms with Crippen molar-refractivity contribution in [1.29, 1.82) is 0 Å². The van der Waals surface area contributed by atoms with Gasteiger partial charge < -0.3 is 16.0 Å². The largest absolute Gasteiger partial charge is 0.416 e. The summed E-state index contributed by atoms with van der Waals surface area (Å²) in [6.45, 7) is 0. The zero-order chi connectivity index (χ0) is 21.7. The molecule has 6 nitrogen and oxygen atoms in total. The number of nitrogens with one attached hydrogen (secondary N) is 3. The van der Waals surface area contributed by atoms with Gasteiger partial charge >= 0.3 is 6.18 Å². The van der Waals surface area contributed by atoms with Crippen LogP contribution in [-0.2, 0) is 6.18 Å². The molecule has 0 aliphatic carbocycles. The van der Waals surface area contributed by atoms with Crippen LogP contribution < -0.4 is 16.0 Å². The van der Waals surface area contributed by atoms with Crippen LogP contribution in [0.3, 0.4) is 0 Å². The first-order valence-electron chi connectivity index (χ1n) is 8.81. The molecule has 1 heterocycles. The van der Waals surface area contributed by atoms with E-state index in [9.17, 15) is 22.8 Å². The SMILES string of the molecule is CNC(=O)c1ccc(NC(=O)c2cccnc2Nc2cccc(C(F)(F)F)c2)cc1. The summed E-state index contributed by atoms with van der Waals surface area (Å²) in [6, 6.07) is 13.9. The lowest BCUT2D eigenvalue weighted by Crippen LogP contribution is -2.18. The van der Waals surface area contributed by atoms with Crippen molar-refractivity contribution in [2.45, 2.75) is 6.18 Å². The van der Waals surface area contributed by atoms with Crippen LogP contribution in [0.1, 0.15) is 26.3 Å². The van der Waals surface area contributed by atoms with E-state index in [1.54, 1.807) is 30.3 Å². The fourth-order valence-electron chi connectivity index (χ4n) is 2.65. The number of carbonyl (C=O) groups excluding carboxylic acids is 2. The Balaban J connectivity index is 1.80. The molecule has 0 fully saturated rings. The van der Waals surface area contributed by atoms with Gasteiger partial charge in [0.05, 0.1) is 11.1 Å². The topological polar surface area (TPSA) is 83.1 Å². The van der Waals surface area contributed by atoms with E-state index in [0.29, 0.717) is 11.3 Å². The number of hydrogen-bond acceptors (Lipinski definition) is 4. The van der Waals surface area contributed by atoms with Crippen LogP contribution in [0.2, 0.25) is 0 Å². The van der Waals surface area contributed by atoms with Gasteiger partial charge in [0.15, 0.2) is 0 Å². The number of alkyl halides is 3. The van der Waals surface area contributed by atoms with E-state index in [0.717, 1.165) is 12.1 Å². The molecule has 0 saturated heterocycles. The molecule has 3 aromatic rings. The second-order valence-electron chi connectivity index (χ2n) is 6.21. The van der Waals surface area contributed by atoms with Gasteiger partial charge in [-0.3, -0.25) is 9.59 Å². The summed E-state index contributed by atoms with van der Waals surface area (Å²) in [4.78, 5) is 28.3. The van der Waals surface area contributed by atoms with E-state index in [2.05, 4.69) is 20.9 Å². The fourth-order valence-corrected chi connectivity index (χ4v) is 2.65. The molecule has 3 N–H and O–H groups in total. The average molecular weight is 414 g/mol. The maximum absolute atomic E-state index is 12.9. The van der Waals surface area contributed by atoms with Gasteiger partial charge in [0, 0.05) is 30.2 Å². The van der Waals surface area contributed by atoms with Crippen molar-refractivity contribution in [3.8, 4) is 0 Å². The number of halogens is 3. The summed E-state index contributed by atoms with van der Waals surface area (Å²) in [5.74, 6) is -0.658. The van der Waals surface area contributed by atoms with Crippen LogP contribution in [0.15, 0.2) is 66.9 Å². The molecule has 0 radical (unpaired) electrons. The molecule has 3 rings (SSSR count). The summed E-state index contributed by atoms with van der Waals surface area (Å²) in [6.07, 6.45) is -3.06. The number of benzene rings is 2. The highest BCUT2D eigenvalue weighted by atomic mass is 19.4. The Morgan fingerprint density at radius 1 is 0.900 bits per heavy atom. The molecule has 9 heteroatoms. The number of carbonyl (C=O) groups is 2. The molecule has 1 aromatic heterocycles. The lowest BCUT2D eigenvalue weighted by molar-refractivity contribution is -0.137. The molecule has 2 aromatic carbocycles. The number of anilines is 3. The fraction of sp³-hybridized carbons (Fsp3) is 0.0952. The molecular weight excluding hydrogens is 397 g/mol. The minimum Gasteiger partial charge on any atom is -0.355 e.